The standard InChI is InChI=1S/C20H25N/c1-15(2)21-14-16-7-9-18(10-8-16)20-12-11-17-5-3-4-6-19(17)13-20/h7-13,15,21H,3-6,14H2,1-2H3. The van der Waals surface area contributed by atoms with Crippen molar-refractivity contribution in [3.63, 3.8) is 0 Å². The first-order valence-corrected chi connectivity index (χ1v) is 8.17. The lowest BCUT2D eigenvalue weighted by atomic mass is 9.89. The third-order valence-corrected chi connectivity index (χ3v) is 4.35. The van der Waals surface area contributed by atoms with Crippen LogP contribution in [0.4, 0.5) is 0 Å². The highest BCUT2D eigenvalue weighted by Gasteiger charge is 2.10. The van der Waals surface area contributed by atoms with Crippen LogP contribution in [0.1, 0.15) is 43.4 Å². The molecule has 1 aliphatic carbocycles. The fourth-order valence-electron chi connectivity index (χ4n) is 3.05. The number of nitrogens with one attached hydrogen (secondary N) is 1. The maximum absolute atomic E-state index is 3.46. The Hall–Kier alpha value is -1.60. The zero-order valence-electron chi connectivity index (χ0n) is 13.2. The van der Waals surface area contributed by atoms with Crippen molar-refractivity contribution in [2.24, 2.45) is 0 Å². The van der Waals surface area contributed by atoms with Gasteiger partial charge in [-0.2, -0.15) is 0 Å². The molecule has 0 unspecified atom stereocenters. The van der Waals surface area contributed by atoms with Gasteiger partial charge in [0.25, 0.3) is 0 Å². The first-order valence-electron chi connectivity index (χ1n) is 8.17. The van der Waals surface area contributed by atoms with E-state index in [9.17, 15) is 0 Å². The van der Waals surface area contributed by atoms with Crippen LogP contribution in [-0.4, -0.2) is 6.04 Å². The summed E-state index contributed by atoms with van der Waals surface area (Å²) < 4.78 is 0. The maximum Gasteiger partial charge on any atom is 0.0207 e. The van der Waals surface area contributed by atoms with E-state index in [4.69, 9.17) is 0 Å². The molecule has 0 amide bonds. The fourth-order valence-corrected chi connectivity index (χ4v) is 3.05. The molecule has 2 aromatic carbocycles. The third-order valence-electron chi connectivity index (χ3n) is 4.35. The largest absolute Gasteiger partial charge is 0.310 e. The van der Waals surface area contributed by atoms with Crippen LogP contribution in [0.5, 0.6) is 0 Å². The molecule has 0 bridgehead atoms. The molecule has 2 aromatic rings. The Morgan fingerprint density at radius 3 is 2.24 bits per heavy atom. The minimum atomic E-state index is 0.533. The van der Waals surface area contributed by atoms with Gasteiger partial charge >= 0.3 is 0 Å². The zero-order chi connectivity index (χ0) is 14.7. The van der Waals surface area contributed by atoms with Crippen molar-refractivity contribution < 1.29 is 0 Å². The lowest BCUT2D eigenvalue weighted by molar-refractivity contribution is 0.589. The van der Waals surface area contributed by atoms with Crippen LogP contribution < -0.4 is 5.32 Å². The normalized spacial score (nSPS) is 14.2. The highest BCUT2D eigenvalue weighted by Crippen LogP contribution is 2.27. The molecule has 1 heteroatoms. The number of aryl methyl sites for hydroxylation is 2. The molecule has 1 nitrogen and oxygen atoms in total. The summed E-state index contributed by atoms with van der Waals surface area (Å²) in [6.07, 6.45) is 5.20. The van der Waals surface area contributed by atoms with Crippen molar-refractivity contribution in [1.82, 2.24) is 5.32 Å². The van der Waals surface area contributed by atoms with Gasteiger partial charge in [-0.3, -0.25) is 0 Å². The van der Waals surface area contributed by atoms with Crippen molar-refractivity contribution in [3.05, 3.63) is 59.2 Å². The Bertz CT molecular complexity index is 596. The molecular formula is C20H25N. The fraction of sp³-hybridized carbons (Fsp3) is 0.400. The molecule has 1 aliphatic rings. The molecule has 1 N–H and O–H groups in total. The van der Waals surface area contributed by atoms with E-state index in [2.05, 4.69) is 61.6 Å². The Labute approximate surface area is 128 Å². The van der Waals surface area contributed by atoms with Gasteiger partial charge in [-0.15, -0.1) is 0 Å². The summed E-state index contributed by atoms with van der Waals surface area (Å²) in [5.41, 5.74) is 7.16. The van der Waals surface area contributed by atoms with Gasteiger partial charge < -0.3 is 5.32 Å². The van der Waals surface area contributed by atoms with Gasteiger partial charge in [-0.05, 0) is 53.5 Å². The van der Waals surface area contributed by atoms with Gasteiger partial charge in [0.05, 0.1) is 0 Å². The Balaban J connectivity index is 1.77. The highest BCUT2D eigenvalue weighted by molar-refractivity contribution is 5.65. The molecule has 0 atom stereocenters. The van der Waals surface area contributed by atoms with Crippen LogP contribution in [-0.2, 0) is 19.4 Å². The average molecular weight is 279 g/mol. The SMILES string of the molecule is CC(C)NCc1ccc(-c2ccc3c(c2)CCCC3)cc1. The summed E-state index contributed by atoms with van der Waals surface area (Å²) in [4.78, 5) is 0. The maximum atomic E-state index is 3.46. The lowest BCUT2D eigenvalue weighted by Crippen LogP contribution is -2.21. The van der Waals surface area contributed by atoms with Crippen LogP contribution >= 0.6 is 0 Å². The van der Waals surface area contributed by atoms with Gasteiger partial charge in [-0.1, -0.05) is 56.3 Å². The van der Waals surface area contributed by atoms with E-state index in [-0.39, 0.29) is 0 Å². The molecule has 21 heavy (non-hydrogen) atoms. The molecule has 110 valence electrons. The Morgan fingerprint density at radius 1 is 0.857 bits per heavy atom. The average Bonchev–Trinajstić information content (AvgIpc) is 2.53. The number of hydrogen-bond acceptors (Lipinski definition) is 1. The van der Waals surface area contributed by atoms with Gasteiger partial charge in [0.15, 0.2) is 0 Å². The van der Waals surface area contributed by atoms with Crippen molar-refractivity contribution >= 4 is 0 Å². The second kappa shape index (κ2) is 6.44. The van der Waals surface area contributed by atoms with E-state index < -0.39 is 0 Å². The number of fused-ring (bicyclic) bond motifs is 1. The third kappa shape index (κ3) is 3.54. The van der Waals surface area contributed by atoms with E-state index in [1.54, 1.807) is 11.1 Å². The summed E-state index contributed by atoms with van der Waals surface area (Å²) in [5, 5.41) is 3.46. The molecule has 0 saturated carbocycles. The predicted octanol–water partition coefficient (Wildman–Crippen LogP) is 4.73. The molecule has 0 aliphatic heterocycles. The highest BCUT2D eigenvalue weighted by atomic mass is 14.9. The molecule has 0 aromatic heterocycles. The quantitative estimate of drug-likeness (QED) is 0.853. The number of rotatable bonds is 4. The summed E-state index contributed by atoms with van der Waals surface area (Å²) in [6, 6.07) is 16.5. The van der Waals surface area contributed by atoms with Crippen LogP contribution in [0.3, 0.4) is 0 Å². The second-order valence-electron chi connectivity index (χ2n) is 6.42. The summed E-state index contributed by atoms with van der Waals surface area (Å²) in [7, 11) is 0. The lowest BCUT2D eigenvalue weighted by Gasteiger charge is -2.16. The first kappa shape index (κ1) is 14.3. The predicted molar refractivity (Wildman–Crippen MR) is 90.5 cm³/mol. The topological polar surface area (TPSA) is 12.0 Å². The van der Waals surface area contributed by atoms with E-state index in [0.717, 1.165) is 6.54 Å². The van der Waals surface area contributed by atoms with Crippen molar-refractivity contribution in [2.75, 3.05) is 0 Å². The van der Waals surface area contributed by atoms with Gasteiger partial charge in [0, 0.05) is 12.6 Å². The van der Waals surface area contributed by atoms with E-state index in [1.807, 2.05) is 0 Å². The zero-order valence-corrected chi connectivity index (χ0v) is 13.2. The molecule has 0 spiro atoms. The van der Waals surface area contributed by atoms with Gasteiger partial charge in [-0.25, -0.2) is 0 Å². The first-order chi connectivity index (χ1) is 10.2. The summed E-state index contributed by atoms with van der Waals surface area (Å²) in [5.74, 6) is 0. The van der Waals surface area contributed by atoms with Gasteiger partial charge in [0.2, 0.25) is 0 Å². The van der Waals surface area contributed by atoms with Crippen molar-refractivity contribution in [2.45, 2.75) is 52.1 Å². The second-order valence-corrected chi connectivity index (χ2v) is 6.42. The minimum absolute atomic E-state index is 0.533. The van der Waals surface area contributed by atoms with Crippen LogP contribution in [0.2, 0.25) is 0 Å². The number of benzene rings is 2. The smallest absolute Gasteiger partial charge is 0.0207 e. The van der Waals surface area contributed by atoms with E-state index in [0.29, 0.717) is 6.04 Å². The summed E-state index contributed by atoms with van der Waals surface area (Å²) >= 11 is 0. The molecular weight excluding hydrogens is 254 g/mol. The van der Waals surface area contributed by atoms with Crippen LogP contribution in [0.25, 0.3) is 11.1 Å². The minimum Gasteiger partial charge on any atom is -0.310 e. The molecule has 0 heterocycles. The molecule has 3 rings (SSSR count). The van der Waals surface area contributed by atoms with Crippen LogP contribution in [0.15, 0.2) is 42.5 Å². The Kier molecular flexibility index (Phi) is 4.40. The van der Waals surface area contributed by atoms with Crippen LogP contribution in [0, 0.1) is 0 Å². The van der Waals surface area contributed by atoms with Crippen molar-refractivity contribution in [1.29, 1.82) is 0 Å². The van der Waals surface area contributed by atoms with E-state index in [1.165, 1.54) is 42.4 Å². The molecule has 0 fully saturated rings. The summed E-state index contributed by atoms with van der Waals surface area (Å²) in [6.45, 7) is 5.31. The molecule has 0 saturated heterocycles. The van der Waals surface area contributed by atoms with Crippen molar-refractivity contribution in [3.8, 4) is 11.1 Å². The monoisotopic (exact) mass is 279 g/mol. The number of hydrogen-bond donors (Lipinski definition) is 1. The molecule has 0 radical (unpaired) electrons. The van der Waals surface area contributed by atoms with E-state index >= 15 is 0 Å². The Morgan fingerprint density at radius 2 is 1.52 bits per heavy atom. The van der Waals surface area contributed by atoms with Gasteiger partial charge in [0.1, 0.15) is 0 Å².